The van der Waals surface area contributed by atoms with E-state index in [1.807, 2.05) is 19.1 Å². The highest BCUT2D eigenvalue weighted by molar-refractivity contribution is 5.79. The average Bonchev–Trinajstić information content (AvgIpc) is 2.89. The van der Waals surface area contributed by atoms with Crippen LogP contribution in [0.4, 0.5) is 0 Å². The fourth-order valence-electron chi connectivity index (χ4n) is 5.85. The molecule has 1 aliphatic carbocycles. The Bertz CT molecular complexity index is 897. The summed E-state index contributed by atoms with van der Waals surface area (Å²) in [6, 6.07) is 0. The second-order valence-corrected chi connectivity index (χ2v) is 13.3. The summed E-state index contributed by atoms with van der Waals surface area (Å²) in [6.07, 6.45) is 29.2. The van der Waals surface area contributed by atoms with Gasteiger partial charge < -0.3 is 19.1 Å². The predicted molar refractivity (Wildman–Crippen MR) is 175 cm³/mol. The molecule has 0 saturated carbocycles. The molecule has 2 aliphatic rings. The van der Waals surface area contributed by atoms with Crippen molar-refractivity contribution in [2.75, 3.05) is 39.9 Å². The summed E-state index contributed by atoms with van der Waals surface area (Å²) < 4.78 is 6.70. The van der Waals surface area contributed by atoms with Gasteiger partial charge in [0.15, 0.2) is 0 Å². The minimum Gasteiger partial charge on any atom is -0.545 e. The number of carboxylic acid groups (broad SMARTS) is 1. The summed E-state index contributed by atoms with van der Waals surface area (Å²) in [7, 11) is 2.40. The Balaban J connectivity index is 0.000000414. The van der Waals surface area contributed by atoms with Gasteiger partial charge in [-0.05, 0) is 75.5 Å². The van der Waals surface area contributed by atoms with Crippen molar-refractivity contribution >= 4 is 5.97 Å². The van der Waals surface area contributed by atoms with Crippen molar-refractivity contribution in [2.24, 2.45) is 5.41 Å². The molecule has 0 amide bonds. The lowest BCUT2D eigenvalue weighted by Gasteiger charge is -2.37. The highest BCUT2D eigenvalue weighted by Gasteiger charge is 2.26. The molecule has 0 spiro atoms. The Labute approximate surface area is 253 Å². The SMILES string of the molecule is CC1=C(/C=C/C(C)=C\C=C\C(C)=C\C(=O)[O-])C(C)(C)CCC1.CCCCCCCCCCCC[N+]1(C)CCOCC1. The molecule has 1 heterocycles. The van der Waals surface area contributed by atoms with Crippen LogP contribution in [0.25, 0.3) is 0 Å². The molecule has 4 nitrogen and oxygen atoms in total. The number of unbranched alkanes of at least 4 members (excludes halogenated alkanes) is 9. The molecule has 2 rings (SSSR count). The van der Waals surface area contributed by atoms with Gasteiger partial charge in [0, 0.05) is 0 Å². The maximum Gasteiger partial charge on any atom is 0.102 e. The van der Waals surface area contributed by atoms with Gasteiger partial charge in [0.05, 0.1) is 32.8 Å². The second kappa shape index (κ2) is 20.9. The van der Waals surface area contributed by atoms with Crippen LogP contribution in [0.3, 0.4) is 0 Å². The van der Waals surface area contributed by atoms with E-state index in [9.17, 15) is 9.90 Å². The summed E-state index contributed by atoms with van der Waals surface area (Å²) in [6.45, 7) is 18.7. The number of allylic oxidation sites excluding steroid dienone is 9. The maximum atomic E-state index is 10.4. The van der Waals surface area contributed by atoms with Crippen LogP contribution in [0.1, 0.15) is 125 Å². The zero-order chi connectivity index (χ0) is 30.6. The highest BCUT2D eigenvalue weighted by atomic mass is 16.5. The molecule has 0 N–H and O–H groups in total. The topological polar surface area (TPSA) is 49.4 Å². The Morgan fingerprint density at radius 2 is 1.51 bits per heavy atom. The lowest BCUT2D eigenvalue weighted by molar-refractivity contribution is -0.917. The third-order valence-electron chi connectivity index (χ3n) is 8.72. The number of quaternary nitrogens is 1. The smallest absolute Gasteiger partial charge is 0.102 e. The number of rotatable bonds is 16. The quantitative estimate of drug-likeness (QED) is 0.0809. The fraction of sp³-hybridized carbons (Fsp3) is 0.703. The number of ether oxygens (including phenoxy) is 1. The van der Waals surface area contributed by atoms with Gasteiger partial charge in [0.25, 0.3) is 0 Å². The van der Waals surface area contributed by atoms with Gasteiger partial charge in [-0.25, -0.2) is 0 Å². The molecule has 234 valence electrons. The van der Waals surface area contributed by atoms with Crippen molar-refractivity contribution in [3.63, 3.8) is 0 Å². The number of aliphatic carboxylic acids is 1. The van der Waals surface area contributed by atoms with Gasteiger partial charge in [-0.1, -0.05) is 114 Å². The fourth-order valence-corrected chi connectivity index (χ4v) is 5.85. The molecule has 41 heavy (non-hydrogen) atoms. The van der Waals surface area contributed by atoms with E-state index in [4.69, 9.17) is 4.74 Å². The second-order valence-electron chi connectivity index (χ2n) is 13.3. The minimum absolute atomic E-state index is 0.253. The van der Waals surface area contributed by atoms with E-state index in [1.165, 1.54) is 119 Å². The van der Waals surface area contributed by atoms with E-state index >= 15 is 0 Å². The average molecular weight is 570 g/mol. The molecule has 1 saturated heterocycles. The van der Waals surface area contributed by atoms with E-state index in [2.05, 4.69) is 46.9 Å². The van der Waals surface area contributed by atoms with Crippen molar-refractivity contribution < 1.29 is 19.1 Å². The van der Waals surface area contributed by atoms with Crippen molar-refractivity contribution in [3.8, 4) is 0 Å². The zero-order valence-corrected chi connectivity index (χ0v) is 27.9. The summed E-state index contributed by atoms with van der Waals surface area (Å²) >= 11 is 0. The predicted octanol–water partition coefficient (Wildman–Crippen LogP) is 8.65. The third kappa shape index (κ3) is 17.6. The molecule has 0 bridgehead atoms. The van der Waals surface area contributed by atoms with Gasteiger partial charge in [0.2, 0.25) is 0 Å². The molecule has 0 aromatic heterocycles. The lowest BCUT2D eigenvalue weighted by atomic mass is 9.72. The molecule has 0 radical (unpaired) electrons. The van der Waals surface area contributed by atoms with E-state index in [1.54, 1.807) is 13.0 Å². The van der Waals surface area contributed by atoms with Gasteiger partial charge in [0.1, 0.15) is 13.1 Å². The standard InChI is InChI=1S/C20H28O2.C17H36NO/c1-15(8-6-9-16(2)14-19(21)22)11-12-18-17(3)10-7-13-20(18,4)5;1-3-4-5-6-7-8-9-10-11-12-13-18(2)14-16-19-17-15-18/h6,8-9,11-12,14H,7,10,13H2,1-5H3,(H,21,22);3-17H2,1-2H3/q;+1/p-1/b9-6+,12-11+,15-8-,16-14+;. The third-order valence-corrected chi connectivity index (χ3v) is 8.72. The number of hydrogen-bond donors (Lipinski definition) is 0. The molecule has 0 unspecified atom stereocenters. The van der Waals surface area contributed by atoms with Gasteiger partial charge in [-0.2, -0.15) is 0 Å². The Morgan fingerprint density at radius 1 is 0.927 bits per heavy atom. The van der Waals surface area contributed by atoms with Crippen LogP contribution >= 0.6 is 0 Å². The van der Waals surface area contributed by atoms with Gasteiger partial charge in [-0.3, -0.25) is 0 Å². The Kier molecular flexibility index (Phi) is 18.9. The van der Waals surface area contributed by atoms with E-state index in [0.29, 0.717) is 5.57 Å². The molecule has 0 aromatic rings. The van der Waals surface area contributed by atoms with Crippen LogP contribution in [0.2, 0.25) is 0 Å². The number of morpholine rings is 1. The number of carbonyl (C=O) groups excluding carboxylic acids is 1. The van der Waals surface area contributed by atoms with E-state index in [0.717, 1.165) is 24.9 Å². The lowest BCUT2D eigenvalue weighted by Crippen LogP contribution is -2.52. The Morgan fingerprint density at radius 3 is 2.07 bits per heavy atom. The number of nitrogens with zero attached hydrogens (tertiary/aromatic N) is 1. The van der Waals surface area contributed by atoms with Crippen LogP contribution < -0.4 is 5.11 Å². The number of hydrogen-bond acceptors (Lipinski definition) is 3. The number of likely N-dealkylation sites (N-methyl/N-ethyl adjacent to an activating group) is 1. The van der Waals surface area contributed by atoms with Gasteiger partial charge >= 0.3 is 0 Å². The van der Waals surface area contributed by atoms with E-state index < -0.39 is 5.97 Å². The van der Waals surface area contributed by atoms with Crippen LogP contribution in [-0.4, -0.2) is 50.3 Å². The number of carbonyl (C=O) groups is 1. The first-order valence-electron chi connectivity index (χ1n) is 16.5. The van der Waals surface area contributed by atoms with Crippen molar-refractivity contribution in [3.05, 3.63) is 58.7 Å². The largest absolute Gasteiger partial charge is 0.545 e. The van der Waals surface area contributed by atoms with Crippen LogP contribution in [-0.2, 0) is 9.53 Å². The summed E-state index contributed by atoms with van der Waals surface area (Å²) in [5.41, 5.74) is 4.99. The summed E-state index contributed by atoms with van der Waals surface area (Å²) in [5.74, 6) is -1.16. The number of carboxylic acids is 1. The maximum absolute atomic E-state index is 10.4. The minimum atomic E-state index is -1.16. The molecular formula is C37H63NO3. The summed E-state index contributed by atoms with van der Waals surface area (Å²) in [5, 5.41) is 10.4. The zero-order valence-electron chi connectivity index (χ0n) is 27.9. The van der Waals surface area contributed by atoms with Crippen molar-refractivity contribution in [1.82, 2.24) is 0 Å². The van der Waals surface area contributed by atoms with Crippen LogP contribution in [0.15, 0.2) is 58.7 Å². The van der Waals surface area contributed by atoms with Crippen LogP contribution in [0.5, 0.6) is 0 Å². The first kappa shape index (κ1) is 37.1. The molecule has 1 fully saturated rings. The summed E-state index contributed by atoms with van der Waals surface area (Å²) in [4.78, 5) is 10.4. The molecule has 0 aromatic carbocycles. The monoisotopic (exact) mass is 569 g/mol. The Hall–Kier alpha value is -1.91. The van der Waals surface area contributed by atoms with Crippen molar-refractivity contribution in [2.45, 2.75) is 125 Å². The van der Waals surface area contributed by atoms with Crippen LogP contribution in [0, 0.1) is 5.41 Å². The normalized spacial score (nSPS) is 19.5. The molecule has 4 heteroatoms. The highest BCUT2D eigenvalue weighted by Crippen LogP contribution is 2.40. The van der Waals surface area contributed by atoms with Crippen molar-refractivity contribution in [1.29, 1.82) is 0 Å². The van der Waals surface area contributed by atoms with E-state index in [-0.39, 0.29) is 5.41 Å². The molecule has 0 atom stereocenters. The van der Waals surface area contributed by atoms with Gasteiger partial charge in [-0.15, -0.1) is 0 Å². The molecule has 1 aliphatic heterocycles. The first-order valence-corrected chi connectivity index (χ1v) is 16.5. The first-order chi connectivity index (χ1) is 19.5. The molecular weight excluding hydrogens is 506 g/mol.